The zero-order valence-electron chi connectivity index (χ0n) is 3.96. The van der Waals surface area contributed by atoms with Crippen molar-refractivity contribution in [2.45, 2.75) is 0 Å². The minimum absolute atomic E-state index is 1.69. The van der Waals surface area contributed by atoms with E-state index in [4.69, 9.17) is 12.7 Å². The van der Waals surface area contributed by atoms with Gasteiger partial charge in [-0.15, -0.1) is 0 Å². The first-order valence-corrected chi connectivity index (χ1v) is 7.05. The Kier molecular flexibility index (Phi) is 1.94. The molecule has 4 N–H and O–H groups in total. The Morgan fingerprint density at radius 3 is 1.67 bits per heavy atom. The van der Waals surface area contributed by atoms with E-state index in [0.717, 1.165) is 0 Å². The van der Waals surface area contributed by atoms with E-state index in [9.17, 15) is 10.1 Å². The molecule has 9 heavy (non-hydrogen) atoms. The van der Waals surface area contributed by atoms with E-state index < -0.39 is 26.1 Å². The van der Waals surface area contributed by atoms with Crippen LogP contribution in [0.15, 0.2) is 0 Å². The van der Waals surface area contributed by atoms with Crippen molar-refractivity contribution in [3.8, 4) is 0 Å². The molecule has 0 aromatic carbocycles. The third-order valence-corrected chi connectivity index (χ3v) is 1.41. The van der Waals surface area contributed by atoms with Crippen LogP contribution in [0, 0.1) is 10.1 Å². The first-order chi connectivity index (χ1) is 3.67. The minimum atomic E-state index is -7.16. The van der Waals surface area contributed by atoms with E-state index in [1.807, 2.05) is 0 Å². The van der Waals surface area contributed by atoms with E-state index in [1.165, 1.54) is 0 Å². The van der Waals surface area contributed by atoms with Gasteiger partial charge in [0.1, 0.15) is 0 Å². The van der Waals surface area contributed by atoms with Crippen molar-refractivity contribution in [2.75, 3.05) is 0 Å². The molecule has 0 radical (unpaired) electrons. The van der Waals surface area contributed by atoms with Gasteiger partial charge in [-0.25, -0.2) is 0 Å². The third kappa shape index (κ3) is 7.92. The van der Waals surface area contributed by atoms with E-state index in [1.54, 1.807) is 0 Å². The van der Waals surface area contributed by atoms with Crippen LogP contribution in [0.25, 0.3) is 0 Å². The van der Waals surface area contributed by atoms with E-state index in [2.05, 4.69) is 2.91 Å². The van der Waals surface area contributed by atoms with E-state index in [0.29, 0.717) is 0 Å². The Morgan fingerprint density at radius 1 is 1.33 bits per heavy atom. The summed E-state index contributed by atoms with van der Waals surface area (Å²) in [6.07, 6.45) is 0. The molecule has 0 aromatic rings. The van der Waals surface area contributed by atoms with Crippen LogP contribution in [0.2, 0.25) is 0 Å². The summed E-state index contributed by atoms with van der Waals surface area (Å²) < 4.78 is 34.2. The van der Waals surface area contributed by atoms with Crippen LogP contribution in [-0.2, 0) is 23.9 Å². The number of rotatable bonds is 2. The maximum atomic E-state index is 9.22. The van der Waals surface area contributed by atoms with Gasteiger partial charge in [0.25, 0.3) is 0 Å². The van der Waals surface area contributed by atoms with Gasteiger partial charge in [0.15, 0.2) is 0 Å². The van der Waals surface area contributed by atoms with Gasteiger partial charge in [0, 0.05) is 0 Å². The van der Waals surface area contributed by atoms with Gasteiger partial charge in [0.2, 0.25) is 0 Å². The topological polar surface area (TPSA) is 133 Å². The third-order valence-electron chi connectivity index (χ3n) is 0.238. The van der Waals surface area contributed by atoms with E-state index in [-0.39, 0.29) is 0 Å². The predicted octanol–water partition coefficient (Wildman–Crippen LogP) is -2.57. The Bertz CT molecular complexity index is 120. The summed E-state index contributed by atoms with van der Waals surface area (Å²) in [6.45, 7) is 0. The summed E-state index contributed by atoms with van der Waals surface area (Å²) in [7, 11) is 0. The summed E-state index contributed by atoms with van der Waals surface area (Å²) in [4.78, 5) is 9.22. The van der Waals surface area contributed by atoms with Crippen molar-refractivity contribution in [3.63, 3.8) is 0 Å². The quantitative estimate of drug-likeness (QED) is 0.297. The molecule has 8 nitrogen and oxygen atoms in total. The van der Waals surface area contributed by atoms with Gasteiger partial charge >= 0.3 is 51.8 Å². The Hall–Kier alpha value is -0.0769. The molecule has 0 saturated heterocycles. The molecule has 9 heteroatoms. The molecule has 0 spiro atoms. The molecular formula is H4NO7Zr. The van der Waals surface area contributed by atoms with Crippen LogP contribution in [0.4, 0.5) is 0 Å². The zero-order valence-corrected chi connectivity index (χ0v) is 6.42. The second kappa shape index (κ2) is 1.96. The molecule has 0 fully saturated rings. The summed E-state index contributed by atoms with van der Waals surface area (Å²) in [6, 6.07) is 0. The molecule has 55 valence electrons. The summed E-state index contributed by atoms with van der Waals surface area (Å²) in [5.41, 5.74) is 0. The fourth-order valence-electron chi connectivity index (χ4n) is 0.133. The molecule has 0 aliphatic rings. The molecule has 0 aliphatic heterocycles. The van der Waals surface area contributed by atoms with Crippen molar-refractivity contribution in [1.29, 1.82) is 0 Å². The second-order valence-electron chi connectivity index (χ2n) is 1.28. The summed E-state index contributed by atoms with van der Waals surface area (Å²) >= 11 is -7.16. The van der Waals surface area contributed by atoms with Crippen molar-refractivity contribution in [3.05, 3.63) is 10.1 Å². The van der Waals surface area contributed by atoms with Gasteiger partial charge in [-0.05, 0) is 0 Å². The Morgan fingerprint density at radius 2 is 1.67 bits per heavy atom. The van der Waals surface area contributed by atoms with Crippen molar-refractivity contribution in [1.82, 2.24) is 0 Å². The summed E-state index contributed by atoms with van der Waals surface area (Å²) in [5.74, 6) is 0. The van der Waals surface area contributed by atoms with Gasteiger partial charge in [-0.2, -0.15) is 0 Å². The standard InChI is InChI=1S/NO3.4H2O.Zr/c2-1(3)4;;;;;/h;4*1H2;/q-1;;;;;+5/p-4. The van der Waals surface area contributed by atoms with Crippen LogP contribution in [0.1, 0.15) is 0 Å². The molecular weight excluding hydrogens is 217 g/mol. The Labute approximate surface area is 52.3 Å². The fraction of sp³-hybridized carbons (Fsp3) is 0. The first kappa shape index (κ1) is 8.92. The molecule has 0 atom stereocenters. The van der Waals surface area contributed by atoms with E-state index >= 15 is 0 Å². The van der Waals surface area contributed by atoms with Crippen LogP contribution in [0.3, 0.4) is 0 Å². The van der Waals surface area contributed by atoms with Gasteiger partial charge in [-0.1, -0.05) is 0 Å². The van der Waals surface area contributed by atoms with Gasteiger partial charge < -0.3 is 0 Å². The van der Waals surface area contributed by atoms with Crippen molar-refractivity contribution in [2.24, 2.45) is 0 Å². The predicted molar refractivity (Wildman–Crippen MR) is 17.0 cm³/mol. The number of nitrogens with zero attached hydrogens (tertiary/aromatic N) is 1. The normalized spacial score (nSPS) is 15.8. The van der Waals surface area contributed by atoms with Crippen LogP contribution in [-0.4, -0.2) is 17.8 Å². The first-order valence-electron chi connectivity index (χ1n) is 1.65. The monoisotopic (exact) mass is 220 g/mol. The SMILES string of the molecule is O=[N+]([O-])[O][Zr]([OH])([OH])([OH])[OH]. The van der Waals surface area contributed by atoms with Gasteiger partial charge in [-0.3, -0.25) is 0 Å². The molecule has 0 rings (SSSR count). The van der Waals surface area contributed by atoms with Crippen molar-refractivity contribution < 1.29 is 41.7 Å². The molecule has 0 unspecified atom stereocenters. The molecule has 0 heterocycles. The van der Waals surface area contributed by atoms with Crippen LogP contribution >= 0.6 is 0 Å². The van der Waals surface area contributed by atoms with Gasteiger partial charge in [0.05, 0.1) is 0 Å². The Balaban J connectivity index is 4.05. The number of hydrogen-bond donors (Lipinski definition) is 4. The average molecular weight is 221 g/mol. The molecule has 0 bridgehead atoms. The van der Waals surface area contributed by atoms with Crippen molar-refractivity contribution >= 4 is 0 Å². The average Bonchev–Trinajstić information content (AvgIpc) is 1.16. The molecule has 0 amide bonds. The van der Waals surface area contributed by atoms with Crippen LogP contribution in [0.5, 0.6) is 0 Å². The fourth-order valence-corrected chi connectivity index (χ4v) is 0.789. The molecule has 0 aliphatic carbocycles. The summed E-state index contributed by atoms with van der Waals surface area (Å²) in [5, 5.41) is 7.53. The molecule has 0 aromatic heterocycles. The zero-order chi connectivity index (χ0) is 7.73. The van der Waals surface area contributed by atoms with Crippen LogP contribution < -0.4 is 0 Å². The number of hydrogen-bond acceptors (Lipinski definition) is 7. The maximum absolute atomic E-state index is 9.22. The second-order valence-corrected chi connectivity index (χ2v) is 6.47. The molecule has 0 saturated carbocycles.